The average molecular weight is 371 g/mol. The van der Waals surface area contributed by atoms with E-state index in [1.54, 1.807) is 25.1 Å². The minimum atomic E-state index is -3.68. The number of nitrogens with zero attached hydrogens (tertiary/aromatic N) is 1. The summed E-state index contributed by atoms with van der Waals surface area (Å²) in [6.07, 6.45) is 0.928. The molecule has 2 aromatic carbocycles. The fourth-order valence-electron chi connectivity index (χ4n) is 2.86. The van der Waals surface area contributed by atoms with Crippen LogP contribution in [0, 0.1) is 24.1 Å². The number of carbonyl (C=O) groups is 1. The lowest BCUT2D eigenvalue weighted by molar-refractivity contribution is -0.133. The molecular formula is C19H14FNO4S. The molecule has 3 rings (SSSR count). The van der Waals surface area contributed by atoms with E-state index in [0.29, 0.717) is 27.8 Å². The molecule has 0 atom stereocenters. The van der Waals surface area contributed by atoms with Gasteiger partial charge in [-0.15, -0.1) is 0 Å². The molecular weight excluding hydrogens is 357 g/mol. The van der Waals surface area contributed by atoms with Gasteiger partial charge >= 0.3 is 5.97 Å². The highest BCUT2D eigenvalue weighted by Crippen LogP contribution is 2.34. The lowest BCUT2D eigenvalue weighted by atomic mass is 9.94. The van der Waals surface area contributed by atoms with Gasteiger partial charge in [0, 0.05) is 11.8 Å². The minimum Gasteiger partial charge on any atom is -0.457 e. The SMILES string of the molecule is Cc1cc(C2=C(c3ccc(S(C)(=O)=O)c(F)c3)COC2=O)ccc1C#N. The van der Waals surface area contributed by atoms with Gasteiger partial charge in [0.2, 0.25) is 0 Å². The number of cyclic esters (lactones) is 1. The standard InChI is InChI=1S/C19H14FNO4S/c1-11-7-13(3-4-14(11)9-21)18-15(10-25-19(18)22)12-5-6-17(16(20)8-12)26(2,23)24/h3-8H,10H2,1-2H3. The minimum absolute atomic E-state index is 0.0368. The number of carbonyl (C=O) groups excluding carboxylic acids is 1. The van der Waals surface area contributed by atoms with Crippen molar-refractivity contribution in [3.8, 4) is 6.07 Å². The van der Waals surface area contributed by atoms with E-state index in [9.17, 15) is 17.6 Å². The van der Waals surface area contributed by atoms with Gasteiger partial charge in [-0.1, -0.05) is 12.1 Å². The van der Waals surface area contributed by atoms with Crippen LogP contribution in [0.2, 0.25) is 0 Å². The molecule has 132 valence electrons. The van der Waals surface area contributed by atoms with Crippen molar-refractivity contribution in [2.75, 3.05) is 12.9 Å². The second kappa shape index (κ2) is 6.39. The third-order valence-electron chi connectivity index (χ3n) is 4.17. The second-order valence-corrected chi connectivity index (χ2v) is 7.97. The van der Waals surface area contributed by atoms with Crippen LogP contribution in [0.4, 0.5) is 4.39 Å². The van der Waals surface area contributed by atoms with Gasteiger partial charge in [-0.2, -0.15) is 5.26 Å². The van der Waals surface area contributed by atoms with Gasteiger partial charge in [0.05, 0.1) is 17.2 Å². The summed E-state index contributed by atoms with van der Waals surface area (Å²) in [4.78, 5) is 11.8. The highest BCUT2D eigenvalue weighted by molar-refractivity contribution is 7.90. The van der Waals surface area contributed by atoms with Crippen LogP contribution in [-0.4, -0.2) is 27.2 Å². The number of hydrogen-bond donors (Lipinski definition) is 0. The van der Waals surface area contributed by atoms with Gasteiger partial charge in [-0.25, -0.2) is 17.6 Å². The van der Waals surface area contributed by atoms with E-state index >= 15 is 0 Å². The number of aryl methyl sites for hydroxylation is 1. The Labute approximate surface area is 150 Å². The van der Waals surface area contributed by atoms with Crippen LogP contribution in [0.5, 0.6) is 0 Å². The van der Waals surface area contributed by atoms with E-state index in [2.05, 4.69) is 6.07 Å². The van der Waals surface area contributed by atoms with Crippen molar-refractivity contribution >= 4 is 27.0 Å². The van der Waals surface area contributed by atoms with E-state index < -0.39 is 26.5 Å². The summed E-state index contributed by atoms with van der Waals surface area (Å²) in [6, 6.07) is 10.7. The molecule has 1 heterocycles. The van der Waals surface area contributed by atoms with Crippen molar-refractivity contribution in [1.29, 1.82) is 5.26 Å². The average Bonchev–Trinajstić information content (AvgIpc) is 2.95. The first-order chi connectivity index (χ1) is 12.2. The third-order valence-corrected chi connectivity index (χ3v) is 5.30. The summed E-state index contributed by atoms with van der Waals surface area (Å²) in [6.45, 7) is 1.72. The predicted octanol–water partition coefficient (Wildman–Crippen LogP) is 2.88. The summed E-state index contributed by atoms with van der Waals surface area (Å²) in [7, 11) is -3.68. The first-order valence-corrected chi connectivity index (χ1v) is 9.53. The number of benzene rings is 2. The molecule has 0 spiro atoms. The molecule has 0 saturated heterocycles. The highest BCUT2D eigenvalue weighted by atomic mass is 32.2. The molecule has 0 saturated carbocycles. The zero-order chi connectivity index (χ0) is 19.1. The topological polar surface area (TPSA) is 84.2 Å². The van der Waals surface area contributed by atoms with Crippen LogP contribution in [0.3, 0.4) is 0 Å². The largest absolute Gasteiger partial charge is 0.457 e. The lowest BCUT2D eigenvalue weighted by Crippen LogP contribution is -2.02. The summed E-state index contributed by atoms with van der Waals surface area (Å²) < 4.78 is 42.5. The molecule has 1 aliphatic heterocycles. The maximum atomic E-state index is 14.2. The number of nitriles is 1. The third kappa shape index (κ3) is 3.11. The molecule has 0 aromatic heterocycles. The van der Waals surface area contributed by atoms with Crippen molar-refractivity contribution in [3.05, 3.63) is 64.5 Å². The zero-order valence-corrected chi connectivity index (χ0v) is 14.9. The lowest BCUT2D eigenvalue weighted by Gasteiger charge is -2.08. The number of ether oxygens (including phenoxy) is 1. The van der Waals surface area contributed by atoms with Gasteiger partial charge in [0.1, 0.15) is 17.3 Å². The monoisotopic (exact) mass is 371 g/mol. The number of esters is 1. The van der Waals surface area contributed by atoms with Crippen molar-refractivity contribution in [2.24, 2.45) is 0 Å². The zero-order valence-electron chi connectivity index (χ0n) is 14.0. The second-order valence-electron chi connectivity index (χ2n) is 5.99. The van der Waals surface area contributed by atoms with Crippen LogP contribution < -0.4 is 0 Å². The van der Waals surface area contributed by atoms with E-state index in [-0.39, 0.29) is 12.2 Å². The fraction of sp³-hybridized carbons (Fsp3) is 0.158. The molecule has 1 aliphatic rings. The van der Waals surface area contributed by atoms with Crippen LogP contribution in [0.15, 0.2) is 41.3 Å². The number of sulfone groups is 1. The van der Waals surface area contributed by atoms with Gasteiger partial charge in [-0.05, 0) is 47.9 Å². The van der Waals surface area contributed by atoms with E-state index in [4.69, 9.17) is 10.00 Å². The smallest absolute Gasteiger partial charge is 0.339 e. The molecule has 7 heteroatoms. The van der Waals surface area contributed by atoms with Crippen molar-refractivity contribution in [2.45, 2.75) is 11.8 Å². The summed E-state index contributed by atoms with van der Waals surface area (Å²) >= 11 is 0. The molecule has 0 radical (unpaired) electrons. The van der Waals surface area contributed by atoms with Gasteiger partial charge in [0.25, 0.3) is 0 Å². The van der Waals surface area contributed by atoms with Crippen LogP contribution in [0.1, 0.15) is 22.3 Å². The van der Waals surface area contributed by atoms with Gasteiger partial charge < -0.3 is 4.74 Å². The van der Waals surface area contributed by atoms with Gasteiger partial charge in [-0.3, -0.25) is 0 Å². The Balaban J connectivity index is 2.16. The Morgan fingerprint density at radius 2 is 1.85 bits per heavy atom. The van der Waals surface area contributed by atoms with Crippen LogP contribution in [0.25, 0.3) is 11.1 Å². The maximum Gasteiger partial charge on any atom is 0.339 e. The van der Waals surface area contributed by atoms with Crippen molar-refractivity contribution < 1.29 is 22.3 Å². The number of halogens is 1. The van der Waals surface area contributed by atoms with Crippen molar-refractivity contribution in [1.82, 2.24) is 0 Å². The van der Waals surface area contributed by atoms with Crippen LogP contribution >= 0.6 is 0 Å². The van der Waals surface area contributed by atoms with Crippen molar-refractivity contribution in [3.63, 3.8) is 0 Å². The Bertz CT molecular complexity index is 1110. The molecule has 0 fully saturated rings. The maximum absolute atomic E-state index is 14.2. The first kappa shape index (κ1) is 17.8. The molecule has 0 bridgehead atoms. The van der Waals surface area contributed by atoms with E-state index in [1.165, 1.54) is 12.1 Å². The quantitative estimate of drug-likeness (QED) is 0.775. The Morgan fingerprint density at radius 1 is 1.15 bits per heavy atom. The summed E-state index contributed by atoms with van der Waals surface area (Å²) in [5.74, 6) is -1.43. The Kier molecular flexibility index (Phi) is 4.38. The first-order valence-electron chi connectivity index (χ1n) is 7.63. The predicted molar refractivity (Wildman–Crippen MR) is 93.2 cm³/mol. The fourth-order valence-corrected chi connectivity index (χ4v) is 3.59. The Morgan fingerprint density at radius 3 is 2.42 bits per heavy atom. The number of rotatable bonds is 3. The molecule has 0 amide bonds. The number of hydrogen-bond acceptors (Lipinski definition) is 5. The summed E-state index contributed by atoms with van der Waals surface area (Å²) in [5.41, 5.74) is 2.88. The van der Waals surface area contributed by atoms with E-state index in [0.717, 1.165) is 12.3 Å². The molecule has 2 aromatic rings. The summed E-state index contributed by atoms with van der Waals surface area (Å²) in [5, 5.41) is 9.03. The molecule has 0 aliphatic carbocycles. The normalized spacial score (nSPS) is 14.3. The van der Waals surface area contributed by atoms with Gasteiger partial charge in [0.15, 0.2) is 9.84 Å². The van der Waals surface area contributed by atoms with E-state index in [1.807, 2.05) is 0 Å². The molecule has 26 heavy (non-hydrogen) atoms. The van der Waals surface area contributed by atoms with Crippen LogP contribution in [-0.2, 0) is 19.4 Å². The Hall–Kier alpha value is -2.98. The molecule has 0 N–H and O–H groups in total. The molecule has 0 unspecified atom stereocenters. The molecule has 5 nitrogen and oxygen atoms in total. The highest BCUT2D eigenvalue weighted by Gasteiger charge is 2.28.